The molecule has 72 valence electrons. The monoisotopic (exact) mass is 293 g/mol. The van der Waals surface area contributed by atoms with Crippen LogP contribution in [0.4, 0.5) is 4.39 Å². The van der Waals surface area contributed by atoms with Gasteiger partial charge in [0.25, 0.3) is 0 Å². The van der Waals surface area contributed by atoms with Crippen molar-refractivity contribution in [2.75, 3.05) is 0 Å². The van der Waals surface area contributed by atoms with Crippen molar-refractivity contribution < 1.29 is 4.39 Å². The molecule has 0 aliphatic heterocycles. The first-order valence-corrected chi connectivity index (χ1v) is 5.37. The summed E-state index contributed by atoms with van der Waals surface area (Å²) in [5.41, 5.74) is 6.82. The Bertz CT molecular complexity index is 286. The maximum absolute atomic E-state index is 12.7. The van der Waals surface area contributed by atoms with Gasteiger partial charge < -0.3 is 5.73 Å². The zero-order chi connectivity index (χ0) is 9.84. The second kappa shape index (κ2) is 4.91. The molecule has 13 heavy (non-hydrogen) atoms. The van der Waals surface area contributed by atoms with Crippen LogP contribution in [0.5, 0.6) is 0 Å². The van der Waals surface area contributed by atoms with Crippen molar-refractivity contribution in [2.24, 2.45) is 5.73 Å². The molecule has 0 aromatic heterocycles. The van der Waals surface area contributed by atoms with Crippen molar-refractivity contribution in [3.05, 3.63) is 33.1 Å². The molecular formula is C10H13FIN. The highest BCUT2D eigenvalue weighted by atomic mass is 127. The first-order valence-electron chi connectivity index (χ1n) is 4.29. The van der Waals surface area contributed by atoms with Gasteiger partial charge >= 0.3 is 0 Å². The molecule has 1 nitrogen and oxygen atoms in total. The van der Waals surface area contributed by atoms with Crippen molar-refractivity contribution >= 4 is 22.6 Å². The van der Waals surface area contributed by atoms with Crippen LogP contribution in [-0.2, 0) is 6.42 Å². The van der Waals surface area contributed by atoms with Crippen molar-refractivity contribution in [3.63, 3.8) is 0 Å². The van der Waals surface area contributed by atoms with Gasteiger partial charge in [-0.15, -0.1) is 0 Å². The number of nitrogens with two attached hydrogens (primary N) is 1. The van der Waals surface area contributed by atoms with Gasteiger partial charge in [-0.2, -0.15) is 0 Å². The van der Waals surface area contributed by atoms with Gasteiger partial charge in [0.1, 0.15) is 5.82 Å². The molecule has 0 heterocycles. The average molecular weight is 293 g/mol. The zero-order valence-corrected chi connectivity index (χ0v) is 9.71. The van der Waals surface area contributed by atoms with Crippen LogP contribution >= 0.6 is 22.6 Å². The smallest absolute Gasteiger partial charge is 0.124 e. The Hall–Kier alpha value is -0.160. The molecular weight excluding hydrogens is 280 g/mol. The van der Waals surface area contributed by atoms with Crippen molar-refractivity contribution in [3.8, 4) is 0 Å². The first-order chi connectivity index (χ1) is 6.09. The van der Waals surface area contributed by atoms with E-state index >= 15 is 0 Å². The highest BCUT2D eigenvalue weighted by molar-refractivity contribution is 14.1. The van der Waals surface area contributed by atoms with Gasteiger partial charge in [-0.3, -0.25) is 0 Å². The van der Waals surface area contributed by atoms with E-state index in [1.165, 1.54) is 11.6 Å². The van der Waals surface area contributed by atoms with Crippen LogP contribution in [0.2, 0.25) is 0 Å². The Morgan fingerprint density at radius 3 is 2.77 bits per heavy atom. The Labute approximate surface area is 91.7 Å². The fraction of sp³-hybridized carbons (Fsp3) is 0.400. The van der Waals surface area contributed by atoms with Gasteiger partial charge in [-0.05, 0) is 60.1 Å². The van der Waals surface area contributed by atoms with Crippen LogP contribution < -0.4 is 5.73 Å². The van der Waals surface area contributed by atoms with E-state index in [0.29, 0.717) is 0 Å². The molecule has 0 saturated heterocycles. The number of aryl methyl sites for hydroxylation is 1. The van der Waals surface area contributed by atoms with Crippen LogP contribution in [-0.4, -0.2) is 6.04 Å². The lowest BCUT2D eigenvalue weighted by atomic mass is 10.1. The average Bonchev–Trinajstić information content (AvgIpc) is 2.02. The summed E-state index contributed by atoms with van der Waals surface area (Å²) in [5.74, 6) is -0.172. The molecule has 0 bridgehead atoms. The minimum atomic E-state index is -0.172. The summed E-state index contributed by atoms with van der Waals surface area (Å²) in [7, 11) is 0. The van der Waals surface area contributed by atoms with Crippen LogP contribution in [0.3, 0.4) is 0 Å². The van der Waals surface area contributed by atoms with E-state index in [2.05, 4.69) is 22.6 Å². The summed E-state index contributed by atoms with van der Waals surface area (Å²) < 4.78 is 13.7. The fourth-order valence-electron chi connectivity index (χ4n) is 1.11. The molecule has 0 aliphatic rings. The predicted molar refractivity (Wildman–Crippen MR) is 61.1 cm³/mol. The lowest BCUT2D eigenvalue weighted by Crippen LogP contribution is -2.15. The van der Waals surface area contributed by atoms with Crippen LogP contribution in [0.1, 0.15) is 18.9 Å². The third kappa shape index (κ3) is 3.60. The minimum absolute atomic E-state index is 0.172. The molecule has 1 atom stereocenters. The maximum Gasteiger partial charge on any atom is 0.124 e. The molecule has 3 heteroatoms. The topological polar surface area (TPSA) is 26.0 Å². The number of rotatable bonds is 3. The normalized spacial score (nSPS) is 12.9. The van der Waals surface area contributed by atoms with Gasteiger partial charge in [0.15, 0.2) is 0 Å². The second-order valence-corrected chi connectivity index (χ2v) is 4.41. The van der Waals surface area contributed by atoms with E-state index < -0.39 is 0 Å². The predicted octanol–water partition coefficient (Wildman–Crippen LogP) is 2.71. The highest BCUT2D eigenvalue weighted by Gasteiger charge is 2.02. The first kappa shape index (κ1) is 10.9. The quantitative estimate of drug-likeness (QED) is 0.852. The molecule has 1 aromatic carbocycles. The number of hydrogen-bond acceptors (Lipinski definition) is 1. The van der Waals surface area contributed by atoms with Crippen LogP contribution in [0.15, 0.2) is 18.2 Å². The molecule has 0 saturated carbocycles. The Morgan fingerprint density at radius 1 is 1.54 bits per heavy atom. The summed E-state index contributed by atoms with van der Waals surface area (Å²) in [6, 6.07) is 5.09. The third-order valence-electron chi connectivity index (χ3n) is 1.88. The largest absolute Gasteiger partial charge is 0.328 e. The number of benzene rings is 1. The van der Waals surface area contributed by atoms with E-state index in [1.807, 2.05) is 13.0 Å². The molecule has 0 spiro atoms. The van der Waals surface area contributed by atoms with Crippen LogP contribution in [0, 0.1) is 9.39 Å². The van der Waals surface area contributed by atoms with Gasteiger partial charge in [0.05, 0.1) is 0 Å². The summed E-state index contributed by atoms with van der Waals surface area (Å²) >= 11 is 2.15. The zero-order valence-electron chi connectivity index (χ0n) is 7.56. The van der Waals surface area contributed by atoms with Gasteiger partial charge in [-0.1, -0.05) is 6.07 Å². The SMILES string of the molecule is CC(N)CCc1ccc(F)cc1I. The van der Waals surface area contributed by atoms with E-state index in [-0.39, 0.29) is 11.9 Å². The highest BCUT2D eigenvalue weighted by Crippen LogP contribution is 2.15. The van der Waals surface area contributed by atoms with E-state index in [4.69, 9.17) is 5.73 Å². The minimum Gasteiger partial charge on any atom is -0.328 e. The van der Waals surface area contributed by atoms with Crippen molar-refractivity contribution in [2.45, 2.75) is 25.8 Å². The van der Waals surface area contributed by atoms with E-state index in [0.717, 1.165) is 16.4 Å². The molecule has 1 unspecified atom stereocenters. The fourth-order valence-corrected chi connectivity index (χ4v) is 1.85. The standard InChI is InChI=1S/C10H13FIN/c1-7(13)2-3-8-4-5-9(11)6-10(8)12/h4-7H,2-3,13H2,1H3. The molecule has 0 fully saturated rings. The van der Waals surface area contributed by atoms with E-state index in [9.17, 15) is 4.39 Å². The molecule has 1 rings (SSSR count). The summed E-state index contributed by atoms with van der Waals surface area (Å²) in [6.45, 7) is 1.98. The Balaban J connectivity index is 2.67. The maximum atomic E-state index is 12.7. The lowest BCUT2D eigenvalue weighted by molar-refractivity contribution is 0.623. The summed E-state index contributed by atoms with van der Waals surface area (Å²) in [5, 5.41) is 0. The molecule has 0 aliphatic carbocycles. The molecule has 0 amide bonds. The molecule has 2 N–H and O–H groups in total. The molecule has 1 aromatic rings. The van der Waals surface area contributed by atoms with E-state index in [1.54, 1.807) is 6.07 Å². The van der Waals surface area contributed by atoms with Gasteiger partial charge in [0, 0.05) is 9.61 Å². The number of halogens is 2. The summed E-state index contributed by atoms with van der Waals surface area (Å²) in [6.07, 6.45) is 1.87. The second-order valence-electron chi connectivity index (χ2n) is 3.25. The Kier molecular flexibility index (Phi) is 4.12. The molecule has 0 radical (unpaired) electrons. The Morgan fingerprint density at radius 2 is 2.23 bits per heavy atom. The third-order valence-corrected chi connectivity index (χ3v) is 2.89. The van der Waals surface area contributed by atoms with Crippen LogP contribution in [0.25, 0.3) is 0 Å². The lowest BCUT2D eigenvalue weighted by Gasteiger charge is -2.06. The summed E-state index contributed by atoms with van der Waals surface area (Å²) in [4.78, 5) is 0. The van der Waals surface area contributed by atoms with Crippen molar-refractivity contribution in [1.82, 2.24) is 0 Å². The van der Waals surface area contributed by atoms with Gasteiger partial charge in [0.2, 0.25) is 0 Å². The van der Waals surface area contributed by atoms with Crippen molar-refractivity contribution in [1.29, 1.82) is 0 Å². The van der Waals surface area contributed by atoms with Gasteiger partial charge in [-0.25, -0.2) is 4.39 Å². The number of hydrogen-bond donors (Lipinski definition) is 1.